The van der Waals surface area contributed by atoms with E-state index in [9.17, 15) is 9.36 Å². The van der Waals surface area contributed by atoms with Crippen LogP contribution in [0.1, 0.15) is 62.8 Å². The van der Waals surface area contributed by atoms with E-state index < -0.39 is 20.5 Å². The number of amides is 1. The summed E-state index contributed by atoms with van der Waals surface area (Å²) in [5.74, 6) is 12.1. The third-order valence-corrected chi connectivity index (χ3v) is 8.73. The van der Waals surface area contributed by atoms with Crippen LogP contribution in [-0.4, -0.2) is 49.3 Å². The third kappa shape index (κ3) is 7.44. The Balaban J connectivity index is 1.37. The molecule has 1 aliphatic rings. The van der Waals surface area contributed by atoms with Crippen LogP contribution in [0.25, 0.3) is 5.00 Å². The van der Waals surface area contributed by atoms with Gasteiger partial charge in [0.25, 0.3) is 0 Å². The van der Waals surface area contributed by atoms with Gasteiger partial charge < -0.3 is 25.3 Å². The average molecular weight is 667 g/mol. The number of halogens is 1. The van der Waals surface area contributed by atoms with Crippen molar-refractivity contribution >= 4 is 42.4 Å². The van der Waals surface area contributed by atoms with E-state index in [1.165, 1.54) is 6.07 Å². The number of thiophene rings is 1. The topological polar surface area (TPSA) is 178 Å². The molecule has 5 N–H and O–H groups in total. The van der Waals surface area contributed by atoms with Crippen LogP contribution in [0.15, 0.2) is 39.7 Å². The molecule has 1 aromatic carbocycles. The number of nitrogens with zero attached hydrogens (tertiary/aromatic N) is 4. The molecule has 0 spiro atoms. The Bertz CT molecular complexity index is 1970. The van der Waals surface area contributed by atoms with Crippen LogP contribution in [0.5, 0.6) is 0 Å². The number of fused-ring (bicyclic) bond motifs is 3. The Morgan fingerprint density at radius 3 is 2.67 bits per heavy atom. The fraction of sp³-hybridized carbons (Fsp3) is 0.267. The lowest BCUT2D eigenvalue weighted by atomic mass is 9.99. The number of aliphatic imine (C=N–C) groups is 1. The van der Waals surface area contributed by atoms with Crippen molar-refractivity contribution in [3.05, 3.63) is 85.7 Å². The summed E-state index contributed by atoms with van der Waals surface area (Å²) >= 11 is 7.80. The number of benzene rings is 1. The quantitative estimate of drug-likeness (QED) is 0.168. The molecule has 0 fully saturated rings. The molecular formula is C30H28ClN6O6PS. The van der Waals surface area contributed by atoms with Crippen LogP contribution in [0.4, 0.5) is 0 Å². The van der Waals surface area contributed by atoms with Gasteiger partial charge in [0.15, 0.2) is 17.3 Å². The van der Waals surface area contributed by atoms with Crippen LogP contribution in [0.3, 0.4) is 0 Å². The highest BCUT2D eigenvalue weighted by Gasteiger charge is 2.32. The minimum absolute atomic E-state index is 0.00447. The number of phosphoric acid groups is 1. The lowest BCUT2D eigenvalue weighted by Gasteiger charge is -2.12. The number of nitrogens with one attached hydrogen (secondary N) is 1. The molecule has 1 atom stereocenters. The van der Waals surface area contributed by atoms with Crippen molar-refractivity contribution in [2.24, 2.45) is 10.7 Å². The first-order chi connectivity index (χ1) is 21.4. The molecule has 15 heteroatoms. The van der Waals surface area contributed by atoms with E-state index in [1.54, 1.807) is 11.3 Å². The second-order valence-corrected chi connectivity index (χ2v) is 12.8. The maximum Gasteiger partial charge on any atom is 0.469 e. The van der Waals surface area contributed by atoms with Crippen molar-refractivity contribution in [3.8, 4) is 28.7 Å². The fourth-order valence-corrected chi connectivity index (χ4v) is 6.29. The number of aromatic nitrogens is 3. The summed E-state index contributed by atoms with van der Waals surface area (Å²) in [4.78, 5) is 37.4. The molecule has 1 amide bonds. The monoisotopic (exact) mass is 666 g/mol. The number of furan rings is 1. The van der Waals surface area contributed by atoms with Gasteiger partial charge in [0.05, 0.1) is 31.8 Å². The number of carbonyl (C=O) groups excluding carboxylic acids is 1. The molecule has 0 aliphatic carbocycles. The van der Waals surface area contributed by atoms with Crippen molar-refractivity contribution < 1.29 is 28.1 Å². The summed E-state index contributed by atoms with van der Waals surface area (Å²) in [6.45, 7) is 5.61. The number of hydrogen-bond donors (Lipinski definition) is 4. The number of nitrogens with two attached hydrogens (primary N) is 1. The Morgan fingerprint density at radius 1 is 1.20 bits per heavy atom. The van der Waals surface area contributed by atoms with Crippen LogP contribution in [0.2, 0.25) is 5.02 Å². The Morgan fingerprint density at radius 2 is 1.96 bits per heavy atom. The maximum absolute atomic E-state index is 13.2. The van der Waals surface area contributed by atoms with E-state index in [0.29, 0.717) is 22.2 Å². The molecular weight excluding hydrogens is 639 g/mol. The summed E-state index contributed by atoms with van der Waals surface area (Å²) in [5, 5.41) is 13.1. The van der Waals surface area contributed by atoms with Crippen LogP contribution < -0.4 is 11.1 Å². The van der Waals surface area contributed by atoms with Gasteiger partial charge in [-0.2, -0.15) is 0 Å². The van der Waals surface area contributed by atoms with Gasteiger partial charge in [-0.1, -0.05) is 35.6 Å². The normalized spacial score (nSPS) is 13.8. The number of rotatable bonds is 7. The van der Waals surface area contributed by atoms with Crippen molar-refractivity contribution in [1.82, 2.24) is 20.1 Å². The summed E-state index contributed by atoms with van der Waals surface area (Å²) in [6.07, 6.45) is -0.00663. The molecule has 5 rings (SSSR count). The maximum atomic E-state index is 13.2. The molecule has 0 saturated heterocycles. The van der Waals surface area contributed by atoms with Gasteiger partial charge in [0, 0.05) is 26.6 Å². The largest absolute Gasteiger partial charge is 0.469 e. The van der Waals surface area contributed by atoms with Crippen LogP contribution >= 0.6 is 30.8 Å². The van der Waals surface area contributed by atoms with E-state index in [2.05, 4.69) is 57.6 Å². The van der Waals surface area contributed by atoms with E-state index in [4.69, 9.17) is 36.5 Å². The summed E-state index contributed by atoms with van der Waals surface area (Å²) in [7, 11) is -4.71. The zero-order valence-electron chi connectivity index (χ0n) is 24.4. The molecule has 0 unspecified atom stereocenters. The molecule has 3 aromatic heterocycles. The van der Waals surface area contributed by atoms with Crippen molar-refractivity contribution in [2.45, 2.75) is 39.8 Å². The number of carbonyl (C=O) groups is 1. The van der Waals surface area contributed by atoms with Crippen molar-refractivity contribution in [2.75, 3.05) is 13.1 Å². The van der Waals surface area contributed by atoms with Gasteiger partial charge in [-0.3, -0.25) is 18.9 Å². The van der Waals surface area contributed by atoms with Gasteiger partial charge in [-0.25, -0.2) is 4.57 Å². The lowest BCUT2D eigenvalue weighted by Crippen LogP contribution is -2.25. The minimum atomic E-state index is -4.71. The lowest BCUT2D eigenvalue weighted by molar-refractivity contribution is -0.121. The second-order valence-electron chi connectivity index (χ2n) is 9.92. The SMILES string of the molecule is Cc1sc2c(c1C)C(c1ccc(Cl)cc1)=N[C@@H](CC(=O)NCC#Cc1cc(COP(=O)(O)O)c(C#CCN)o1)c1nnc(C)n1-2. The van der Waals surface area contributed by atoms with Gasteiger partial charge in [-0.15, -0.1) is 21.5 Å². The summed E-state index contributed by atoms with van der Waals surface area (Å²) < 4.78 is 23.2. The first-order valence-electron chi connectivity index (χ1n) is 13.6. The first-order valence-corrected chi connectivity index (χ1v) is 16.3. The molecule has 0 radical (unpaired) electrons. The second kappa shape index (κ2) is 13.5. The molecule has 12 nitrogen and oxygen atoms in total. The first kappa shape index (κ1) is 32.4. The highest BCUT2D eigenvalue weighted by molar-refractivity contribution is 7.46. The number of aryl methyl sites for hydroxylation is 2. The highest BCUT2D eigenvalue weighted by atomic mass is 35.5. The van der Waals surface area contributed by atoms with Crippen molar-refractivity contribution in [1.29, 1.82) is 0 Å². The van der Waals surface area contributed by atoms with Gasteiger partial charge in [0.1, 0.15) is 16.9 Å². The fourth-order valence-electron chi connectivity index (χ4n) is 4.64. The Hall–Kier alpha value is -4.04. The van der Waals surface area contributed by atoms with Crippen LogP contribution in [-0.2, 0) is 20.5 Å². The molecule has 0 saturated carbocycles. The summed E-state index contributed by atoms with van der Waals surface area (Å²) in [6, 6.07) is 8.27. The molecule has 1 aliphatic heterocycles. The Kier molecular flexibility index (Phi) is 9.73. The number of hydrogen-bond acceptors (Lipinski definition) is 9. The van der Waals surface area contributed by atoms with E-state index >= 15 is 0 Å². The van der Waals surface area contributed by atoms with E-state index in [1.807, 2.05) is 35.8 Å². The smallest absolute Gasteiger partial charge is 0.439 e. The van der Waals surface area contributed by atoms with Gasteiger partial charge in [0.2, 0.25) is 5.91 Å². The van der Waals surface area contributed by atoms with E-state index in [0.717, 1.165) is 32.3 Å². The number of phosphoric ester groups is 1. The highest BCUT2D eigenvalue weighted by Crippen LogP contribution is 2.40. The summed E-state index contributed by atoms with van der Waals surface area (Å²) in [5.41, 5.74) is 9.39. The van der Waals surface area contributed by atoms with Gasteiger partial charge in [-0.05, 0) is 56.4 Å². The Labute approximate surface area is 267 Å². The minimum Gasteiger partial charge on any atom is -0.439 e. The molecule has 45 heavy (non-hydrogen) atoms. The molecule has 232 valence electrons. The van der Waals surface area contributed by atoms with Crippen molar-refractivity contribution in [3.63, 3.8) is 0 Å². The third-order valence-electron chi connectivity index (χ3n) is 6.82. The average Bonchev–Trinajstić information content (AvgIpc) is 3.63. The zero-order valence-corrected chi connectivity index (χ0v) is 26.9. The molecule has 0 bridgehead atoms. The standard InChI is InChI=1S/C30H28ClN6O6PS/c1-17-18(2)45-30-27(17)28(20-8-10-22(31)11-9-20)34-24(29-36-35-19(3)37(29)30)15-26(38)33-13-5-6-23-14-21(16-42-44(39,40)41)25(43-23)7-4-12-32/h8-11,14,24H,12-13,15-16,32H2,1-3H3,(H,33,38)(H2,39,40,41)/t24-/m0/s1. The van der Waals surface area contributed by atoms with Crippen LogP contribution in [0, 0.1) is 44.5 Å². The van der Waals surface area contributed by atoms with E-state index in [-0.39, 0.29) is 36.9 Å². The molecule has 4 aromatic rings. The predicted octanol–water partition coefficient (Wildman–Crippen LogP) is 3.87. The van der Waals surface area contributed by atoms with Gasteiger partial charge >= 0.3 is 7.82 Å². The predicted molar refractivity (Wildman–Crippen MR) is 169 cm³/mol. The molecule has 4 heterocycles. The zero-order chi connectivity index (χ0) is 32.3.